The van der Waals surface area contributed by atoms with E-state index in [1.165, 1.54) is 5.56 Å². The Balaban J connectivity index is 1.86. The lowest BCUT2D eigenvalue weighted by atomic mass is 10.1. The van der Waals surface area contributed by atoms with Crippen LogP contribution in [0, 0.1) is 0 Å². The molecule has 0 bridgehead atoms. The highest BCUT2D eigenvalue weighted by Crippen LogP contribution is 2.16. The molecule has 0 aliphatic rings. The zero-order valence-corrected chi connectivity index (χ0v) is 14.5. The molecule has 0 fully saturated rings. The van der Waals surface area contributed by atoms with E-state index in [0.29, 0.717) is 5.02 Å². The van der Waals surface area contributed by atoms with Gasteiger partial charge in [0.25, 0.3) is 5.91 Å². The maximum Gasteiger partial charge on any atom is 0.340 e. The minimum Gasteiger partial charge on any atom is -0.452 e. The number of carbonyl (C=O) groups is 2. The van der Waals surface area contributed by atoms with Crippen LogP contribution in [0.3, 0.4) is 0 Å². The van der Waals surface area contributed by atoms with E-state index in [9.17, 15) is 9.59 Å². The molecule has 126 valence electrons. The van der Waals surface area contributed by atoms with Crippen molar-refractivity contribution in [3.8, 4) is 0 Å². The molecule has 0 aliphatic heterocycles. The van der Waals surface area contributed by atoms with Crippen LogP contribution < -0.4 is 5.32 Å². The molecule has 24 heavy (non-hydrogen) atoms. The average molecular weight is 346 g/mol. The van der Waals surface area contributed by atoms with Crippen LogP contribution in [-0.2, 0) is 16.0 Å². The SMILES string of the molecule is CCc1ccc(C(C)NC(=O)COC(=O)c2ccccc2Cl)cc1. The molecule has 0 aliphatic carbocycles. The van der Waals surface area contributed by atoms with Crippen molar-refractivity contribution in [3.05, 3.63) is 70.2 Å². The van der Waals surface area contributed by atoms with Crippen molar-refractivity contribution in [2.24, 2.45) is 0 Å². The van der Waals surface area contributed by atoms with Crippen molar-refractivity contribution in [1.82, 2.24) is 5.32 Å². The van der Waals surface area contributed by atoms with Gasteiger partial charge in [-0.1, -0.05) is 54.9 Å². The Morgan fingerprint density at radius 1 is 1.12 bits per heavy atom. The normalized spacial score (nSPS) is 11.6. The monoisotopic (exact) mass is 345 g/mol. The van der Waals surface area contributed by atoms with Crippen LogP contribution in [0.2, 0.25) is 5.02 Å². The third-order valence-electron chi connectivity index (χ3n) is 3.69. The number of hydrogen-bond acceptors (Lipinski definition) is 3. The highest BCUT2D eigenvalue weighted by atomic mass is 35.5. The van der Waals surface area contributed by atoms with E-state index in [1.54, 1.807) is 24.3 Å². The Morgan fingerprint density at radius 2 is 1.79 bits per heavy atom. The lowest BCUT2D eigenvalue weighted by molar-refractivity contribution is -0.124. The van der Waals surface area contributed by atoms with Gasteiger partial charge in [-0.25, -0.2) is 4.79 Å². The zero-order valence-electron chi connectivity index (χ0n) is 13.7. The lowest BCUT2D eigenvalue weighted by Crippen LogP contribution is -2.31. The molecular formula is C19H20ClNO3. The molecule has 2 aromatic carbocycles. The van der Waals surface area contributed by atoms with Crippen LogP contribution in [0.1, 0.15) is 41.4 Å². The van der Waals surface area contributed by atoms with Crippen molar-refractivity contribution < 1.29 is 14.3 Å². The van der Waals surface area contributed by atoms with E-state index in [2.05, 4.69) is 12.2 Å². The van der Waals surface area contributed by atoms with Crippen LogP contribution in [0.15, 0.2) is 48.5 Å². The third-order valence-corrected chi connectivity index (χ3v) is 4.02. The Morgan fingerprint density at radius 3 is 2.42 bits per heavy atom. The first kappa shape index (κ1) is 18.0. The number of esters is 1. The summed E-state index contributed by atoms with van der Waals surface area (Å²) in [6.07, 6.45) is 0.971. The molecule has 1 amide bonds. The largest absolute Gasteiger partial charge is 0.452 e. The molecule has 2 rings (SSSR count). The summed E-state index contributed by atoms with van der Waals surface area (Å²) < 4.78 is 5.01. The standard InChI is InChI=1S/C19H20ClNO3/c1-3-14-8-10-15(11-9-14)13(2)21-18(22)12-24-19(23)16-6-4-5-7-17(16)20/h4-11,13H,3,12H2,1-2H3,(H,21,22). The van der Waals surface area contributed by atoms with Crippen molar-refractivity contribution in [2.75, 3.05) is 6.61 Å². The van der Waals surface area contributed by atoms with Crippen molar-refractivity contribution in [3.63, 3.8) is 0 Å². The summed E-state index contributed by atoms with van der Waals surface area (Å²) in [6.45, 7) is 3.63. The van der Waals surface area contributed by atoms with Gasteiger partial charge in [-0.15, -0.1) is 0 Å². The summed E-state index contributed by atoms with van der Waals surface area (Å²) in [5, 5.41) is 3.10. The topological polar surface area (TPSA) is 55.4 Å². The first-order valence-corrected chi connectivity index (χ1v) is 8.19. The Hall–Kier alpha value is -2.33. The van der Waals surface area contributed by atoms with E-state index in [-0.39, 0.29) is 24.1 Å². The Kier molecular flexibility index (Phi) is 6.38. The van der Waals surface area contributed by atoms with E-state index >= 15 is 0 Å². The molecular weight excluding hydrogens is 326 g/mol. The van der Waals surface area contributed by atoms with E-state index in [0.717, 1.165) is 12.0 Å². The number of hydrogen-bond donors (Lipinski definition) is 1. The highest BCUT2D eigenvalue weighted by molar-refractivity contribution is 6.33. The summed E-state index contributed by atoms with van der Waals surface area (Å²) in [5.74, 6) is -0.974. The van der Waals surface area contributed by atoms with E-state index in [4.69, 9.17) is 16.3 Å². The molecule has 1 unspecified atom stereocenters. The van der Waals surface area contributed by atoms with Gasteiger partial charge in [0.05, 0.1) is 16.6 Å². The van der Waals surface area contributed by atoms with Crippen LogP contribution >= 0.6 is 11.6 Å². The van der Waals surface area contributed by atoms with Gasteiger partial charge in [0.15, 0.2) is 6.61 Å². The molecule has 0 heterocycles. The van der Waals surface area contributed by atoms with Gasteiger partial charge in [0.2, 0.25) is 0 Å². The summed E-state index contributed by atoms with van der Waals surface area (Å²) in [7, 11) is 0. The van der Waals surface area contributed by atoms with E-state index in [1.807, 2.05) is 31.2 Å². The molecule has 0 saturated carbocycles. The fourth-order valence-electron chi connectivity index (χ4n) is 2.24. The molecule has 0 radical (unpaired) electrons. The zero-order chi connectivity index (χ0) is 17.5. The quantitative estimate of drug-likeness (QED) is 0.807. The first-order valence-electron chi connectivity index (χ1n) is 7.81. The number of carbonyl (C=O) groups excluding carboxylic acids is 2. The lowest BCUT2D eigenvalue weighted by Gasteiger charge is -2.15. The second kappa shape index (κ2) is 8.50. The molecule has 0 saturated heterocycles. The maximum atomic E-state index is 11.9. The van der Waals surface area contributed by atoms with Crippen LogP contribution in [-0.4, -0.2) is 18.5 Å². The van der Waals surface area contributed by atoms with Crippen LogP contribution in [0.25, 0.3) is 0 Å². The first-order chi connectivity index (χ1) is 11.5. The highest BCUT2D eigenvalue weighted by Gasteiger charge is 2.15. The molecule has 1 N–H and O–H groups in total. The third kappa shape index (κ3) is 4.83. The fraction of sp³-hybridized carbons (Fsp3) is 0.263. The van der Waals surface area contributed by atoms with Gasteiger partial charge >= 0.3 is 5.97 Å². The van der Waals surface area contributed by atoms with Gasteiger partial charge in [0, 0.05) is 0 Å². The smallest absolute Gasteiger partial charge is 0.340 e. The van der Waals surface area contributed by atoms with E-state index < -0.39 is 5.97 Å². The molecule has 1 atom stereocenters. The van der Waals surface area contributed by atoms with Crippen LogP contribution in [0.4, 0.5) is 0 Å². The molecule has 4 nitrogen and oxygen atoms in total. The molecule has 5 heteroatoms. The van der Waals surface area contributed by atoms with Crippen molar-refractivity contribution >= 4 is 23.5 Å². The number of aryl methyl sites for hydroxylation is 1. The summed E-state index contributed by atoms with van der Waals surface area (Å²) in [4.78, 5) is 23.9. The Labute approximate surface area is 146 Å². The summed E-state index contributed by atoms with van der Waals surface area (Å²) in [5.41, 5.74) is 2.49. The van der Waals surface area contributed by atoms with Crippen LogP contribution in [0.5, 0.6) is 0 Å². The molecule has 2 aromatic rings. The number of rotatable bonds is 6. The number of halogens is 1. The minimum atomic E-state index is -0.615. The minimum absolute atomic E-state index is 0.164. The molecule has 0 aromatic heterocycles. The van der Waals surface area contributed by atoms with Crippen molar-refractivity contribution in [2.45, 2.75) is 26.3 Å². The number of benzene rings is 2. The van der Waals surface area contributed by atoms with Gasteiger partial charge in [0.1, 0.15) is 0 Å². The summed E-state index contributed by atoms with van der Waals surface area (Å²) >= 11 is 5.92. The van der Waals surface area contributed by atoms with Gasteiger partial charge < -0.3 is 10.1 Å². The predicted molar refractivity (Wildman–Crippen MR) is 94.1 cm³/mol. The maximum absolute atomic E-state index is 11.9. The number of amides is 1. The Bertz CT molecular complexity index is 713. The second-order valence-electron chi connectivity index (χ2n) is 5.44. The summed E-state index contributed by atoms with van der Waals surface area (Å²) in [6, 6.07) is 14.4. The van der Waals surface area contributed by atoms with Gasteiger partial charge in [-0.05, 0) is 36.6 Å². The van der Waals surface area contributed by atoms with Gasteiger partial charge in [-0.3, -0.25) is 4.79 Å². The average Bonchev–Trinajstić information content (AvgIpc) is 2.60. The van der Waals surface area contributed by atoms with Gasteiger partial charge in [-0.2, -0.15) is 0 Å². The fourth-order valence-corrected chi connectivity index (χ4v) is 2.46. The number of nitrogens with one attached hydrogen (secondary N) is 1. The second-order valence-corrected chi connectivity index (χ2v) is 5.85. The predicted octanol–water partition coefficient (Wildman–Crippen LogP) is 3.94. The molecule has 0 spiro atoms. The van der Waals surface area contributed by atoms with Crippen molar-refractivity contribution in [1.29, 1.82) is 0 Å². The number of ether oxygens (including phenoxy) is 1.